The summed E-state index contributed by atoms with van der Waals surface area (Å²) in [5.41, 5.74) is 8.81. The predicted molar refractivity (Wildman–Crippen MR) is 125 cm³/mol. The van der Waals surface area contributed by atoms with Crippen LogP contribution in [0.1, 0.15) is 48.4 Å². The number of rotatable bonds is 9. The number of anilines is 1. The molecule has 152 valence electrons. The van der Waals surface area contributed by atoms with E-state index in [1.165, 1.54) is 46.2 Å². The largest absolute Gasteiger partial charge is 0.494 e. The lowest BCUT2D eigenvalue weighted by Crippen LogP contribution is -2.00. The fourth-order valence-electron chi connectivity index (χ4n) is 3.72. The third-order valence-electron chi connectivity index (χ3n) is 5.29. The molecule has 0 aliphatic heterocycles. The summed E-state index contributed by atoms with van der Waals surface area (Å²) in [6, 6.07) is 21.7. The zero-order chi connectivity index (χ0) is 20.6. The van der Waals surface area contributed by atoms with Crippen LogP contribution in [0.5, 0.6) is 5.75 Å². The average molecular weight is 388 g/mol. The van der Waals surface area contributed by atoms with Crippen molar-refractivity contribution in [3.63, 3.8) is 0 Å². The van der Waals surface area contributed by atoms with Gasteiger partial charge in [-0.2, -0.15) is 0 Å². The summed E-state index contributed by atoms with van der Waals surface area (Å²) in [7, 11) is 0. The molecule has 0 radical (unpaired) electrons. The first kappa shape index (κ1) is 21.0. The minimum Gasteiger partial charge on any atom is -0.494 e. The van der Waals surface area contributed by atoms with Gasteiger partial charge < -0.3 is 10.1 Å². The summed E-state index contributed by atoms with van der Waals surface area (Å²) in [6.45, 7) is 10.3. The van der Waals surface area contributed by atoms with Gasteiger partial charge in [0.05, 0.1) is 6.61 Å². The van der Waals surface area contributed by atoms with E-state index in [0.717, 1.165) is 31.0 Å². The quantitative estimate of drug-likeness (QED) is 0.385. The van der Waals surface area contributed by atoms with E-state index in [2.05, 4.69) is 93.7 Å². The molecule has 3 aromatic rings. The van der Waals surface area contributed by atoms with E-state index in [4.69, 9.17) is 4.74 Å². The van der Waals surface area contributed by atoms with Gasteiger partial charge in [-0.15, -0.1) is 0 Å². The van der Waals surface area contributed by atoms with Gasteiger partial charge >= 0.3 is 0 Å². The SMILES string of the molecule is CCCCCOc1cc(C)c(-c2cccc(CNc3ccc(C)cc3)c2)c(C)c1. The number of unbranched alkanes of at least 4 members (excludes halogenated alkanes) is 2. The van der Waals surface area contributed by atoms with E-state index >= 15 is 0 Å². The number of benzene rings is 3. The Bertz CT molecular complexity index is 905. The molecule has 1 N–H and O–H groups in total. The molecule has 0 bridgehead atoms. The summed E-state index contributed by atoms with van der Waals surface area (Å²) in [5.74, 6) is 0.983. The van der Waals surface area contributed by atoms with Gasteiger partial charge in [0.15, 0.2) is 0 Å². The Balaban J connectivity index is 1.72. The van der Waals surface area contributed by atoms with Crippen molar-refractivity contribution in [2.45, 2.75) is 53.5 Å². The van der Waals surface area contributed by atoms with Gasteiger partial charge in [0, 0.05) is 12.2 Å². The van der Waals surface area contributed by atoms with Crippen molar-refractivity contribution in [3.05, 3.63) is 82.9 Å². The number of aryl methyl sites for hydroxylation is 3. The maximum absolute atomic E-state index is 5.97. The van der Waals surface area contributed by atoms with E-state index in [9.17, 15) is 0 Å². The Kier molecular flexibility index (Phi) is 7.35. The second-order valence-corrected chi connectivity index (χ2v) is 7.91. The summed E-state index contributed by atoms with van der Waals surface area (Å²) in [5, 5.41) is 3.52. The molecular weight excluding hydrogens is 354 g/mol. The number of ether oxygens (including phenoxy) is 1. The van der Waals surface area contributed by atoms with Gasteiger partial charge in [-0.3, -0.25) is 0 Å². The Morgan fingerprint density at radius 2 is 1.55 bits per heavy atom. The molecule has 2 nitrogen and oxygen atoms in total. The second kappa shape index (κ2) is 10.2. The van der Waals surface area contributed by atoms with Gasteiger partial charge in [-0.1, -0.05) is 55.7 Å². The molecule has 0 saturated carbocycles. The zero-order valence-corrected chi connectivity index (χ0v) is 18.2. The number of nitrogens with one attached hydrogen (secondary N) is 1. The van der Waals surface area contributed by atoms with Gasteiger partial charge in [-0.25, -0.2) is 0 Å². The van der Waals surface area contributed by atoms with Crippen LogP contribution in [0.4, 0.5) is 5.69 Å². The summed E-state index contributed by atoms with van der Waals surface area (Å²) < 4.78 is 5.97. The lowest BCUT2D eigenvalue weighted by Gasteiger charge is -2.15. The van der Waals surface area contributed by atoms with Crippen molar-refractivity contribution in [2.75, 3.05) is 11.9 Å². The zero-order valence-electron chi connectivity index (χ0n) is 18.2. The Labute approximate surface area is 175 Å². The Hall–Kier alpha value is -2.74. The van der Waals surface area contributed by atoms with E-state index < -0.39 is 0 Å². The molecule has 0 aliphatic rings. The minimum absolute atomic E-state index is 0.798. The van der Waals surface area contributed by atoms with Gasteiger partial charge in [0.2, 0.25) is 0 Å². The monoisotopic (exact) mass is 387 g/mol. The van der Waals surface area contributed by atoms with Crippen LogP contribution in [-0.2, 0) is 6.54 Å². The molecule has 0 aliphatic carbocycles. The van der Waals surface area contributed by atoms with E-state index in [0.29, 0.717) is 0 Å². The van der Waals surface area contributed by atoms with Crippen molar-refractivity contribution in [2.24, 2.45) is 0 Å². The summed E-state index contributed by atoms with van der Waals surface area (Å²) >= 11 is 0. The van der Waals surface area contributed by atoms with E-state index in [1.807, 2.05) is 0 Å². The fraction of sp³-hybridized carbons (Fsp3) is 0.333. The van der Waals surface area contributed by atoms with Crippen LogP contribution in [-0.4, -0.2) is 6.61 Å². The highest BCUT2D eigenvalue weighted by Gasteiger charge is 2.09. The molecule has 0 unspecified atom stereocenters. The normalized spacial score (nSPS) is 10.8. The van der Waals surface area contributed by atoms with E-state index in [1.54, 1.807) is 0 Å². The van der Waals surface area contributed by atoms with Crippen LogP contribution >= 0.6 is 0 Å². The molecule has 29 heavy (non-hydrogen) atoms. The van der Waals surface area contributed by atoms with Crippen LogP contribution < -0.4 is 10.1 Å². The standard InChI is InChI=1S/C27H33NO/c1-5-6-7-15-29-26-16-21(3)27(22(4)17-26)24-10-8-9-23(18-24)19-28-25-13-11-20(2)12-14-25/h8-14,16-18,28H,5-7,15,19H2,1-4H3. The smallest absolute Gasteiger partial charge is 0.119 e. The summed E-state index contributed by atoms with van der Waals surface area (Å²) in [6.07, 6.45) is 3.56. The topological polar surface area (TPSA) is 21.3 Å². The van der Waals surface area contributed by atoms with Crippen molar-refractivity contribution >= 4 is 5.69 Å². The maximum atomic E-state index is 5.97. The molecular formula is C27H33NO. The third-order valence-corrected chi connectivity index (χ3v) is 5.29. The molecule has 0 heterocycles. The third kappa shape index (κ3) is 5.87. The molecule has 0 aromatic heterocycles. The molecule has 2 heteroatoms. The lowest BCUT2D eigenvalue weighted by atomic mass is 9.94. The molecule has 0 saturated heterocycles. The van der Waals surface area contributed by atoms with Crippen molar-refractivity contribution < 1.29 is 4.74 Å². The van der Waals surface area contributed by atoms with Crippen LogP contribution in [0.2, 0.25) is 0 Å². The lowest BCUT2D eigenvalue weighted by molar-refractivity contribution is 0.306. The van der Waals surface area contributed by atoms with Crippen molar-refractivity contribution in [1.29, 1.82) is 0 Å². The van der Waals surface area contributed by atoms with Crippen molar-refractivity contribution in [3.8, 4) is 16.9 Å². The van der Waals surface area contributed by atoms with Crippen molar-refractivity contribution in [1.82, 2.24) is 0 Å². The number of hydrogen-bond donors (Lipinski definition) is 1. The maximum Gasteiger partial charge on any atom is 0.119 e. The average Bonchev–Trinajstić information content (AvgIpc) is 2.71. The first-order valence-electron chi connectivity index (χ1n) is 10.7. The molecule has 3 rings (SSSR count). The second-order valence-electron chi connectivity index (χ2n) is 7.91. The first-order valence-corrected chi connectivity index (χ1v) is 10.7. The first-order chi connectivity index (χ1) is 14.1. The van der Waals surface area contributed by atoms with E-state index in [-0.39, 0.29) is 0 Å². The molecule has 0 spiro atoms. The minimum atomic E-state index is 0.798. The Morgan fingerprint density at radius 1 is 0.828 bits per heavy atom. The Morgan fingerprint density at radius 3 is 2.24 bits per heavy atom. The highest BCUT2D eigenvalue weighted by atomic mass is 16.5. The van der Waals surface area contributed by atoms with Gasteiger partial charge in [0.1, 0.15) is 5.75 Å². The highest BCUT2D eigenvalue weighted by molar-refractivity contribution is 5.72. The van der Waals surface area contributed by atoms with Gasteiger partial charge in [0.25, 0.3) is 0 Å². The molecule has 0 amide bonds. The highest BCUT2D eigenvalue weighted by Crippen LogP contribution is 2.31. The fourth-order valence-corrected chi connectivity index (χ4v) is 3.72. The van der Waals surface area contributed by atoms with Crippen LogP contribution in [0.3, 0.4) is 0 Å². The van der Waals surface area contributed by atoms with Gasteiger partial charge in [-0.05, 0) is 85.3 Å². The van der Waals surface area contributed by atoms with Crippen LogP contribution in [0.25, 0.3) is 11.1 Å². The molecule has 3 aromatic carbocycles. The number of hydrogen-bond acceptors (Lipinski definition) is 2. The predicted octanol–water partition coefficient (Wildman–Crippen LogP) is 7.46. The van der Waals surface area contributed by atoms with Crippen LogP contribution in [0.15, 0.2) is 60.7 Å². The molecule has 0 atom stereocenters. The molecule has 0 fully saturated rings. The van der Waals surface area contributed by atoms with Crippen LogP contribution in [0, 0.1) is 20.8 Å². The summed E-state index contributed by atoms with van der Waals surface area (Å²) in [4.78, 5) is 0.